The number of hydrogen-bond acceptors (Lipinski definition) is 5. The minimum atomic E-state index is -0.487. The van der Waals surface area contributed by atoms with Crippen LogP contribution in [0.4, 0.5) is 0 Å². The van der Waals surface area contributed by atoms with Crippen LogP contribution in [-0.2, 0) is 12.0 Å². The first kappa shape index (κ1) is 13.9. The molecule has 4 N–H and O–H groups in total. The van der Waals surface area contributed by atoms with Crippen molar-refractivity contribution in [3.8, 4) is 0 Å². The van der Waals surface area contributed by atoms with Crippen molar-refractivity contribution in [2.75, 3.05) is 13.1 Å². The third kappa shape index (κ3) is 1.84. The van der Waals surface area contributed by atoms with Crippen LogP contribution in [0.5, 0.6) is 0 Å². The number of piperidine rings is 1. The van der Waals surface area contributed by atoms with Crippen LogP contribution < -0.4 is 11.1 Å². The number of aromatic nitrogens is 3. The van der Waals surface area contributed by atoms with Gasteiger partial charge in [0, 0.05) is 12.0 Å². The minimum absolute atomic E-state index is 0.179. The molecule has 2 atom stereocenters. The first-order valence-corrected chi connectivity index (χ1v) is 7.85. The first-order chi connectivity index (χ1) is 10.8. The topological polar surface area (TPSA) is 89.0 Å². The second kappa shape index (κ2) is 5.15. The van der Waals surface area contributed by atoms with Crippen LogP contribution in [-0.4, -0.2) is 39.3 Å². The highest BCUT2D eigenvalue weighted by Crippen LogP contribution is 2.51. The molecule has 1 aliphatic heterocycles. The van der Waals surface area contributed by atoms with E-state index in [9.17, 15) is 5.11 Å². The molecule has 0 unspecified atom stereocenters. The Bertz CT molecular complexity index is 677. The predicted molar refractivity (Wildman–Crippen MR) is 82.3 cm³/mol. The summed E-state index contributed by atoms with van der Waals surface area (Å²) in [5, 5.41) is 22.9. The van der Waals surface area contributed by atoms with Gasteiger partial charge >= 0.3 is 0 Å². The van der Waals surface area contributed by atoms with E-state index >= 15 is 0 Å². The lowest BCUT2D eigenvalue weighted by Crippen LogP contribution is -2.47. The minimum Gasteiger partial charge on any atom is -0.390 e. The van der Waals surface area contributed by atoms with Crippen LogP contribution in [0.2, 0.25) is 0 Å². The van der Waals surface area contributed by atoms with Crippen LogP contribution in [0.25, 0.3) is 0 Å². The van der Waals surface area contributed by atoms with E-state index < -0.39 is 6.10 Å². The van der Waals surface area contributed by atoms with Gasteiger partial charge in [0.1, 0.15) is 6.04 Å². The highest BCUT2D eigenvalue weighted by Gasteiger charge is 2.52. The number of aliphatic hydroxyl groups is 1. The monoisotopic (exact) mass is 299 g/mol. The van der Waals surface area contributed by atoms with Crippen LogP contribution in [0.3, 0.4) is 0 Å². The zero-order chi connectivity index (χ0) is 15.2. The summed E-state index contributed by atoms with van der Waals surface area (Å²) in [5.74, 6) is 0. The Hall–Kier alpha value is -1.76. The number of hydrogen-bond donors (Lipinski definition) is 3. The Kier molecular flexibility index (Phi) is 3.25. The summed E-state index contributed by atoms with van der Waals surface area (Å²) < 4.78 is 1.78. The fourth-order valence-corrected chi connectivity index (χ4v) is 4.11. The molecule has 1 fully saturated rings. The first-order valence-electron chi connectivity index (χ1n) is 7.85. The molecule has 0 radical (unpaired) electrons. The van der Waals surface area contributed by atoms with Crippen molar-refractivity contribution in [3.63, 3.8) is 0 Å². The molecule has 1 saturated heterocycles. The predicted octanol–water partition coefficient (Wildman–Crippen LogP) is 0.322. The Labute approximate surface area is 129 Å². The molecular weight excluding hydrogens is 278 g/mol. The Morgan fingerprint density at radius 3 is 2.82 bits per heavy atom. The van der Waals surface area contributed by atoms with E-state index in [4.69, 9.17) is 5.73 Å². The largest absolute Gasteiger partial charge is 0.390 e. The van der Waals surface area contributed by atoms with Crippen molar-refractivity contribution in [3.05, 3.63) is 47.3 Å². The maximum absolute atomic E-state index is 11.2. The van der Waals surface area contributed by atoms with Gasteiger partial charge < -0.3 is 16.2 Å². The summed E-state index contributed by atoms with van der Waals surface area (Å²) in [6, 6.07) is 8.17. The average Bonchev–Trinajstić information content (AvgIpc) is 3.12. The standard InChI is InChI=1S/C16H21N5O/c17-9-11-10-21(20-19-11)14-12-3-1-2-4-13(12)16(15(14)22)5-7-18-8-6-16/h1-4,10,14-15,18,22H,5-9,17H2/t14-,15+/m1/s1. The quantitative estimate of drug-likeness (QED) is 0.743. The van der Waals surface area contributed by atoms with Gasteiger partial charge in [-0.2, -0.15) is 0 Å². The summed E-state index contributed by atoms with van der Waals surface area (Å²) in [7, 11) is 0. The third-order valence-corrected chi connectivity index (χ3v) is 5.23. The summed E-state index contributed by atoms with van der Waals surface area (Å²) in [4.78, 5) is 0. The van der Waals surface area contributed by atoms with E-state index in [0.29, 0.717) is 6.54 Å². The molecule has 0 bridgehead atoms. The van der Waals surface area contributed by atoms with Crippen LogP contribution in [0.15, 0.2) is 30.5 Å². The van der Waals surface area contributed by atoms with Crippen molar-refractivity contribution in [1.29, 1.82) is 0 Å². The van der Waals surface area contributed by atoms with Crippen LogP contribution >= 0.6 is 0 Å². The fourth-order valence-electron chi connectivity index (χ4n) is 4.11. The van der Waals surface area contributed by atoms with Crippen LogP contribution in [0, 0.1) is 0 Å². The van der Waals surface area contributed by atoms with E-state index in [1.807, 2.05) is 12.3 Å². The smallest absolute Gasteiger partial charge is 0.106 e. The van der Waals surface area contributed by atoms with Crippen molar-refractivity contribution in [2.24, 2.45) is 5.73 Å². The number of nitrogens with zero attached hydrogens (tertiary/aromatic N) is 3. The average molecular weight is 299 g/mol. The number of rotatable bonds is 2. The molecule has 0 saturated carbocycles. The Balaban J connectivity index is 1.83. The zero-order valence-electron chi connectivity index (χ0n) is 12.4. The van der Waals surface area contributed by atoms with Gasteiger partial charge in [-0.05, 0) is 37.1 Å². The number of fused-ring (bicyclic) bond motifs is 2. The molecular formula is C16H21N5O. The van der Waals surface area contributed by atoms with E-state index in [-0.39, 0.29) is 11.5 Å². The summed E-state index contributed by atoms with van der Waals surface area (Å²) in [6.07, 6.45) is 3.25. The van der Waals surface area contributed by atoms with E-state index in [0.717, 1.165) is 37.2 Å². The molecule has 2 heterocycles. The third-order valence-electron chi connectivity index (χ3n) is 5.23. The summed E-state index contributed by atoms with van der Waals surface area (Å²) in [5.41, 5.74) is 8.63. The molecule has 6 nitrogen and oxygen atoms in total. The van der Waals surface area contributed by atoms with Crippen molar-refractivity contribution in [1.82, 2.24) is 20.3 Å². The van der Waals surface area contributed by atoms with Gasteiger partial charge in [-0.15, -0.1) is 5.10 Å². The van der Waals surface area contributed by atoms with E-state index in [2.05, 4.69) is 33.8 Å². The molecule has 1 aromatic carbocycles. The highest BCUT2D eigenvalue weighted by atomic mass is 16.3. The number of nitrogens with two attached hydrogens (primary N) is 1. The van der Waals surface area contributed by atoms with Gasteiger partial charge in [-0.1, -0.05) is 29.5 Å². The van der Waals surface area contributed by atoms with Crippen molar-refractivity contribution in [2.45, 2.75) is 36.9 Å². The van der Waals surface area contributed by atoms with Gasteiger partial charge in [0.25, 0.3) is 0 Å². The highest BCUT2D eigenvalue weighted by molar-refractivity contribution is 5.45. The molecule has 6 heteroatoms. The fraction of sp³-hybridized carbons (Fsp3) is 0.500. The SMILES string of the molecule is NCc1cn([C@@H]2c3ccccc3C3(CCNCC3)[C@H]2O)nn1. The summed E-state index contributed by atoms with van der Waals surface area (Å²) in [6.45, 7) is 2.23. The van der Waals surface area contributed by atoms with E-state index in [1.54, 1.807) is 4.68 Å². The molecule has 22 heavy (non-hydrogen) atoms. The van der Waals surface area contributed by atoms with Crippen LogP contribution in [0.1, 0.15) is 35.7 Å². The van der Waals surface area contributed by atoms with Gasteiger partial charge in [0.05, 0.1) is 18.0 Å². The summed E-state index contributed by atoms with van der Waals surface area (Å²) >= 11 is 0. The molecule has 1 aliphatic carbocycles. The molecule has 1 spiro atoms. The Morgan fingerprint density at radius 1 is 1.32 bits per heavy atom. The maximum atomic E-state index is 11.2. The van der Waals surface area contributed by atoms with Crippen molar-refractivity contribution < 1.29 is 5.11 Å². The number of aliphatic hydroxyl groups excluding tert-OH is 1. The zero-order valence-corrected chi connectivity index (χ0v) is 12.4. The molecule has 2 aromatic rings. The molecule has 4 rings (SSSR count). The van der Waals surface area contributed by atoms with Gasteiger partial charge in [0.2, 0.25) is 0 Å². The lowest BCUT2D eigenvalue weighted by molar-refractivity contribution is 0.0421. The Morgan fingerprint density at radius 2 is 2.09 bits per heavy atom. The van der Waals surface area contributed by atoms with E-state index in [1.165, 1.54) is 5.56 Å². The number of benzene rings is 1. The van der Waals surface area contributed by atoms with Crippen molar-refractivity contribution >= 4 is 0 Å². The van der Waals surface area contributed by atoms with Gasteiger partial charge in [-0.3, -0.25) is 0 Å². The van der Waals surface area contributed by atoms with Gasteiger partial charge in [0.15, 0.2) is 0 Å². The lowest BCUT2D eigenvalue weighted by atomic mass is 9.72. The molecule has 2 aliphatic rings. The molecule has 116 valence electrons. The second-order valence-electron chi connectivity index (χ2n) is 6.28. The van der Waals surface area contributed by atoms with Gasteiger partial charge in [-0.25, -0.2) is 4.68 Å². The maximum Gasteiger partial charge on any atom is 0.106 e. The second-order valence-corrected chi connectivity index (χ2v) is 6.28. The molecule has 0 amide bonds. The normalized spacial score (nSPS) is 26.3. The molecule has 1 aromatic heterocycles. The number of nitrogens with one attached hydrogen (secondary N) is 1. The lowest BCUT2D eigenvalue weighted by Gasteiger charge is -2.38.